The summed E-state index contributed by atoms with van der Waals surface area (Å²) in [6.45, 7) is 2.87. The molecule has 1 amide bonds. The Kier molecular flexibility index (Phi) is 5.35. The number of anilines is 1. The molecule has 1 aliphatic heterocycles. The minimum Gasteiger partial charge on any atom is -0.508 e. The number of likely N-dealkylation sites (N-methyl/N-ethyl adjacent to an activating group) is 1. The van der Waals surface area contributed by atoms with Crippen molar-refractivity contribution in [1.29, 1.82) is 0 Å². The lowest BCUT2D eigenvalue weighted by Gasteiger charge is -2.35. The van der Waals surface area contributed by atoms with Gasteiger partial charge in [-0.25, -0.2) is 0 Å². The molecule has 1 heterocycles. The predicted molar refractivity (Wildman–Crippen MR) is 81.8 cm³/mol. The molecule has 1 saturated heterocycles. The predicted octanol–water partition coefficient (Wildman–Crippen LogP) is 0.421. The highest BCUT2D eigenvalue weighted by molar-refractivity contribution is 5.94. The lowest BCUT2D eigenvalue weighted by atomic mass is 10.1. The maximum atomic E-state index is 12.0. The van der Waals surface area contributed by atoms with E-state index in [9.17, 15) is 19.8 Å². The third-order valence-electron chi connectivity index (χ3n) is 3.79. The Hall–Kier alpha value is -2.12. The van der Waals surface area contributed by atoms with Gasteiger partial charge in [0, 0.05) is 31.9 Å². The van der Waals surface area contributed by atoms with Gasteiger partial charge in [-0.2, -0.15) is 0 Å². The van der Waals surface area contributed by atoms with Gasteiger partial charge in [0.1, 0.15) is 11.8 Å². The van der Waals surface area contributed by atoms with E-state index in [-0.39, 0.29) is 18.1 Å². The van der Waals surface area contributed by atoms with E-state index < -0.39 is 12.0 Å². The topological polar surface area (TPSA) is 93.1 Å². The fourth-order valence-electron chi connectivity index (χ4n) is 2.44. The zero-order valence-electron chi connectivity index (χ0n) is 12.5. The van der Waals surface area contributed by atoms with Crippen molar-refractivity contribution in [2.75, 3.05) is 38.5 Å². The average molecular weight is 307 g/mol. The second-order valence-corrected chi connectivity index (χ2v) is 5.49. The molecule has 0 aromatic heterocycles. The van der Waals surface area contributed by atoms with Crippen LogP contribution in [0.1, 0.15) is 6.42 Å². The smallest absolute Gasteiger partial charge is 0.321 e. The van der Waals surface area contributed by atoms with Gasteiger partial charge in [-0.1, -0.05) is 0 Å². The van der Waals surface area contributed by atoms with Crippen LogP contribution in [-0.4, -0.2) is 71.2 Å². The van der Waals surface area contributed by atoms with Crippen molar-refractivity contribution >= 4 is 17.6 Å². The summed E-state index contributed by atoms with van der Waals surface area (Å²) in [5.41, 5.74) is 0.533. The number of carbonyl (C=O) groups is 2. The number of piperazine rings is 1. The van der Waals surface area contributed by atoms with Crippen LogP contribution in [0, 0.1) is 0 Å². The standard InChI is InChI=1S/C15H21N3O4/c1-17-6-8-18(9-7-17)13(15(21)22)10-14(20)16-11-2-4-12(19)5-3-11/h2-5,13,19H,6-10H2,1H3,(H,16,20)(H,21,22)/t13-/m1/s1. The highest BCUT2D eigenvalue weighted by Gasteiger charge is 2.30. The highest BCUT2D eigenvalue weighted by Crippen LogP contribution is 2.15. The van der Waals surface area contributed by atoms with Gasteiger partial charge >= 0.3 is 5.97 Å². The van der Waals surface area contributed by atoms with E-state index in [1.165, 1.54) is 12.1 Å². The average Bonchev–Trinajstić information content (AvgIpc) is 2.48. The monoisotopic (exact) mass is 307 g/mol. The van der Waals surface area contributed by atoms with E-state index in [1.54, 1.807) is 12.1 Å². The molecule has 1 aromatic rings. The molecule has 0 bridgehead atoms. The van der Waals surface area contributed by atoms with Crippen molar-refractivity contribution in [3.8, 4) is 5.75 Å². The summed E-state index contributed by atoms with van der Waals surface area (Å²) >= 11 is 0. The first-order valence-electron chi connectivity index (χ1n) is 7.20. The van der Waals surface area contributed by atoms with Crippen molar-refractivity contribution in [2.45, 2.75) is 12.5 Å². The summed E-state index contributed by atoms with van der Waals surface area (Å²) in [5, 5.41) is 21.2. The van der Waals surface area contributed by atoms with Crippen LogP contribution in [0.2, 0.25) is 0 Å². The number of rotatable bonds is 5. The van der Waals surface area contributed by atoms with Crippen LogP contribution in [0.3, 0.4) is 0 Å². The number of phenolic OH excluding ortho intramolecular Hbond substituents is 1. The largest absolute Gasteiger partial charge is 0.508 e. The molecule has 1 aromatic carbocycles. The number of amides is 1. The van der Waals surface area contributed by atoms with E-state index in [0.717, 1.165) is 13.1 Å². The summed E-state index contributed by atoms with van der Waals surface area (Å²) in [5.74, 6) is -1.22. The lowest BCUT2D eigenvalue weighted by molar-refractivity contribution is -0.145. The molecule has 1 aliphatic rings. The van der Waals surface area contributed by atoms with E-state index in [4.69, 9.17) is 0 Å². The number of aromatic hydroxyl groups is 1. The van der Waals surface area contributed by atoms with Crippen LogP contribution >= 0.6 is 0 Å². The van der Waals surface area contributed by atoms with Crippen molar-refractivity contribution in [3.05, 3.63) is 24.3 Å². The first-order valence-corrected chi connectivity index (χ1v) is 7.20. The van der Waals surface area contributed by atoms with Gasteiger partial charge in [0.2, 0.25) is 5.91 Å². The number of carbonyl (C=O) groups excluding carboxylic acids is 1. The molecule has 0 spiro atoms. The maximum absolute atomic E-state index is 12.0. The normalized spacial score (nSPS) is 17.9. The number of nitrogens with zero attached hydrogens (tertiary/aromatic N) is 2. The fourth-order valence-corrected chi connectivity index (χ4v) is 2.44. The minimum atomic E-state index is -0.981. The molecule has 0 unspecified atom stereocenters. The van der Waals surface area contributed by atoms with Crippen LogP contribution in [0.4, 0.5) is 5.69 Å². The van der Waals surface area contributed by atoms with E-state index in [2.05, 4.69) is 10.2 Å². The summed E-state index contributed by atoms with van der Waals surface area (Å²) in [6, 6.07) is 5.25. The molecular formula is C15H21N3O4. The number of nitrogens with one attached hydrogen (secondary N) is 1. The minimum absolute atomic E-state index is 0.0973. The van der Waals surface area contributed by atoms with Gasteiger partial charge in [0.05, 0.1) is 6.42 Å². The van der Waals surface area contributed by atoms with Crippen LogP contribution in [-0.2, 0) is 9.59 Å². The molecule has 0 aliphatic carbocycles. The number of benzene rings is 1. The van der Waals surface area contributed by atoms with Gasteiger partial charge in [-0.05, 0) is 31.3 Å². The first kappa shape index (κ1) is 16.3. The van der Waals surface area contributed by atoms with Gasteiger partial charge in [0.25, 0.3) is 0 Å². The summed E-state index contributed by atoms with van der Waals surface area (Å²) in [6.07, 6.45) is -0.0973. The van der Waals surface area contributed by atoms with Crippen molar-refractivity contribution in [3.63, 3.8) is 0 Å². The molecule has 1 atom stereocenters. The van der Waals surface area contributed by atoms with Crippen LogP contribution in [0.5, 0.6) is 5.75 Å². The Morgan fingerprint density at radius 3 is 2.32 bits per heavy atom. The zero-order chi connectivity index (χ0) is 16.1. The Labute approximate surface area is 129 Å². The second kappa shape index (κ2) is 7.24. The third kappa shape index (κ3) is 4.44. The third-order valence-corrected chi connectivity index (χ3v) is 3.79. The molecule has 2 rings (SSSR count). The molecular weight excluding hydrogens is 286 g/mol. The van der Waals surface area contributed by atoms with Crippen LogP contribution < -0.4 is 5.32 Å². The number of hydrogen-bond acceptors (Lipinski definition) is 5. The molecule has 7 nitrogen and oxygen atoms in total. The summed E-state index contributed by atoms with van der Waals surface area (Å²) < 4.78 is 0. The SMILES string of the molecule is CN1CCN([C@H](CC(=O)Nc2ccc(O)cc2)C(=O)O)CC1. The van der Waals surface area contributed by atoms with Gasteiger partial charge in [-0.15, -0.1) is 0 Å². The molecule has 22 heavy (non-hydrogen) atoms. The first-order chi connectivity index (χ1) is 10.5. The molecule has 0 saturated carbocycles. The molecule has 0 radical (unpaired) electrons. The lowest BCUT2D eigenvalue weighted by Crippen LogP contribution is -2.52. The van der Waals surface area contributed by atoms with Crippen LogP contribution in [0.15, 0.2) is 24.3 Å². The summed E-state index contributed by atoms with van der Waals surface area (Å²) in [4.78, 5) is 27.5. The quantitative estimate of drug-likeness (QED) is 0.683. The fraction of sp³-hybridized carbons (Fsp3) is 0.467. The number of carboxylic acid groups (broad SMARTS) is 1. The Morgan fingerprint density at radius 1 is 1.18 bits per heavy atom. The van der Waals surface area contributed by atoms with Crippen molar-refractivity contribution in [2.24, 2.45) is 0 Å². The maximum Gasteiger partial charge on any atom is 0.321 e. The Balaban J connectivity index is 1.94. The number of phenols is 1. The molecule has 120 valence electrons. The molecule has 1 fully saturated rings. The van der Waals surface area contributed by atoms with E-state index in [1.807, 2.05) is 11.9 Å². The molecule has 7 heteroatoms. The number of carboxylic acids is 1. The second-order valence-electron chi connectivity index (χ2n) is 5.49. The van der Waals surface area contributed by atoms with Crippen molar-refractivity contribution < 1.29 is 19.8 Å². The van der Waals surface area contributed by atoms with E-state index >= 15 is 0 Å². The highest BCUT2D eigenvalue weighted by atomic mass is 16.4. The van der Waals surface area contributed by atoms with Gasteiger partial charge in [-0.3, -0.25) is 14.5 Å². The van der Waals surface area contributed by atoms with Gasteiger partial charge in [0.15, 0.2) is 0 Å². The molecule has 3 N–H and O–H groups in total. The zero-order valence-corrected chi connectivity index (χ0v) is 12.5. The Morgan fingerprint density at radius 2 is 1.77 bits per heavy atom. The van der Waals surface area contributed by atoms with E-state index in [0.29, 0.717) is 18.8 Å². The Bertz CT molecular complexity index is 524. The number of aliphatic carboxylic acids is 1. The van der Waals surface area contributed by atoms with Crippen LogP contribution in [0.25, 0.3) is 0 Å². The number of hydrogen-bond donors (Lipinski definition) is 3. The van der Waals surface area contributed by atoms with Gasteiger partial charge < -0.3 is 20.4 Å². The van der Waals surface area contributed by atoms with Crippen molar-refractivity contribution in [1.82, 2.24) is 9.80 Å². The summed E-state index contributed by atoms with van der Waals surface area (Å²) in [7, 11) is 1.99.